The van der Waals surface area contributed by atoms with E-state index in [0.717, 1.165) is 0 Å². The summed E-state index contributed by atoms with van der Waals surface area (Å²) in [7, 11) is 1.45. The van der Waals surface area contributed by atoms with Crippen LogP contribution in [-0.2, 0) is 9.53 Å². The molecule has 0 aliphatic rings. The zero-order chi connectivity index (χ0) is 11.1. The number of amides is 1. The lowest BCUT2D eigenvalue weighted by Gasteiger charge is -2.28. The molecular weight excluding hydrogens is 184 g/mol. The summed E-state index contributed by atoms with van der Waals surface area (Å²) in [6, 6.07) is 0.0406. The Bertz CT molecular complexity index is 169. The van der Waals surface area contributed by atoms with E-state index in [0.29, 0.717) is 6.54 Å². The number of nitrogens with two attached hydrogens (primary N) is 1. The van der Waals surface area contributed by atoms with E-state index in [1.54, 1.807) is 4.90 Å². The molecule has 0 aromatic rings. The van der Waals surface area contributed by atoms with Crippen molar-refractivity contribution >= 4 is 5.91 Å². The molecule has 14 heavy (non-hydrogen) atoms. The van der Waals surface area contributed by atoms with Gasteiger partial charge in [0.25, 0.3) is 5.91 Å². The SMILES string of the molecule is COC(CN)C(=O)N(CCO)C(C)C. The lowest BCUT2D eigenvalue weighted by molar-refractivity contribution is -0.143. The first kappa shape index (κ1) is 13.4. The maximum absolute atomic E-state index is 11.7. The van der Waals surface area contributed by atoms with E-state index < -0.39 is 6.10 Å². The van der Waals surface area contributed by atoms with E-state index in [2.05, 4.69) is 0 Å². The van der Waals surface area contributed by atoms with Crippen molar-refractivity contribution in [1.82, 2.24) is 4.90 Å². The maximum atomic E-state index is 11.7. The quantitative estimate of drug-likeness (QED) is 0.593. The number of aliphatic hydroxyl groups excluding tert-OH is 1. The zero-order valence-corrected chi connectivity index (χ0v) is 9.06. The molecule has 0 spiro atoms. The second-order valence-corrected chi connectivity index (χ2v) is 3.31. The Hall–Kier alpha value is -0.650. The second-order valence-electron chi connectivity index (χ2n) is 3.31. The molecule has 0 aliphatic heterocycles. The van der Waals surface area contributed by atoms with Crippen molar-refractivity contribution in [2.75, 3.05) is 26.8 Å². The van der Waals surface area contributed by atoms with Gasteiger partial charge in [-0.15, -0.1) is 0 Å². The molecule has 5 heteroatoms. The van der Waals surface area contributed by atoms with Crippen molar-refractivity contribution < 1.29 is 14.6 Å². The first-order valence-electron chi connectivity index (χ1n) is 4.72. The average Bonchev–Trinajstić information content (AvgIpc) is 2.15. The second kappa shape index (κ2) is 6.75. The third kappa shape index (κ3) is 3.61. The fraction of sp³-hybridized carbons (Fsp3) is 0.889. The maximum Gasteiger partial charge on any atom is 0.253 e. The van der Waals surface area contributed by atoms with Crippen LogP contribution in [0, 0.1) is 0 Å². The van der Waals surface area contributed by atoms with Crippen LogP contribution < -0.4 is 5.73 Å². The molecule has 3 N–H and O–H groups in total. The molecule has 1 atom stereocenters. The van der Waals surface area contributed by atoms with Crippen molar-refractivity contribution in [2.24, 2.45) is 5.73 Å². The Balaban J connectivity index is 4.40. The molecular formula is C9H20N2O3. The van der Waals surface area contributed by atoms with Gasteiger partial charge in [0, 0.05) is 26.2 Å². The minimum absolute atomic E-state index is 0.0406. The summed E-state index contributed by atoms with van der Waals surface area (Å²) in [5, 5.41) is 8.80. The molecule has 0 rings (SSSR count). The Morgan fingerprint density at radius 3 is 2.43 bits per heavy atom. The van der Waals surface area contributed by atoms with Gasteiger partial charge in [-0.2, -0.15) is 0 Å². The number of rotatable bonds is 6. The van der Waals surface area contributed by atoms with Crippen LogP contribution in [0.2, 0.25) is 0 Å². The molecule has 0 aliphatic carbocycles. The summed E-state index contributed by atoms with van der Waals surface area (Å²) in [5.41, 5.74) is 5.38. The molecule has 84 valence electrons. The third-order valence-corrected chi connectivity index (χ3v) is 2.02. The van der Waals surface area contributed by atoms with E-state index in [1.165, 1.54) is 7.11 Å². The van der Waals surface area contributed by atoms with Crippen LogP contribution in [-0.4, -0.2) is 54.9 Å². The van der Waals surface area contributed by atoms with Crippen LogP contribution in [0.3, 0.4) is 0 Å². The van der Waals surface area contributed by atoms with Crippen LogP contribution in [0.15, 0.2) is 0 Å². The van der Waals surface area contributed by atoms with E-state index in [4.69, 9.17) is 15.6 Å². The van der Waals surface area contributed by atoms with E-state index in [1.807, 2.05) is 13.8 Å². The summed E-state index contributed by atoms with van der Waals surface area (Å²) >= 11 is 0. The largest absolute Gasteiger partial charge is 0.395 e. The average molecular weight is 204 g/mol. The number of hydrogen-bond acceptors (Lipinski definition) is 4. The molecule has 0 saturated carbocycles. The van der Waals surface area contributed by atoms with Gasteiger partial charge >= 0.3 is 0 Å². The van der Waals surface area contributed by atoms with Crippen LogP contribution in [0.1, 0.15) is 13.8 Å². The Kier molecular flexibility index (Phi) is 6.44. The van der Waals surface area contributed by atoms with Gasteiger partial charge in [0.05, 0.1) is 6.61 Å². The minimum atomic E-state index is -0.607. The molecule has 5 nitrogen and oxygen atoms in total. The lowest BCUT2D eigenvalue weighted by Crippen LogP contribution is -2.47. The normalized spacial score (nSPS) is 13.0. The molecule has 0 saturated heterocycles. The standard InChI is InChI=1S/C9H20N2O3/c1-7(2)11(4-5-12)9(13)8(6-10)14-3/h7-8,12H,4-6,10H2,1-3H3. The third-order valence-electron chi connectivity index (χ3n) is 2.02. The first-order chi connectivity index (χ1) is 6.58. The number of carbonyl (C=O) groups is 1. The van der Waals surface area contributed by atoms with Gasteiger partial charge in [0.15, 0.2) is 0 Å². The van der Waals surface area contributed by atoms with E-state index in [-0.39, 0.29) is 25.1 Å². The monoisotopic (exact) mass is 204 g/mol. The van der Waals surface area contributed by atoms with Crippen LogP contribution in [0.5, 0.6) is 0 Å². The first-order valence-corrected chi connectivity index (χ1v) is 4.72. The molecule has 0 aromatic carbocycles. The topological polar surface area (TPSA) is 75.8 Å². The highest BCUT2D eigenvalue weighted by atomic mass is 16.5. The van der Waals surface area contributed by atoms with E-state index in [9.17, 15) is 4.79 Å². The van der Waals surface area contributed by atoms with Gasteiger partial charge < -0.3 is 20.5 Å². The summed E-state index contributed by atoms with van der Waals surface area (Å²) in [5.74, 6) is -0.168. The minimum Gasteiger partial charge on any atom is -0.395 e. The van der Waals surface area contributed by atoms with Crippen LogP contribution >= 0.6 is 0 Å². The van der Waals surface area contributed by atoms with E-state index >= 15 is 0 Å². The Morgan fingerprint density at radius 1 is 1.57 bits per heavy atom. The fourth-order valence-electron chi connectivity index (χ4n) is 1.21. The predicted octanol–water partition coefficient (Wildman–Crippen LogP) is -0.811. The highest BCUT2D eigenvalue weighted by molar-refractivity contribution is 5.81. The highest BCUT2D eigenvalue weighted by Crippen LogP contribution is 2.03. The number of nitrogens with zero attached hydrogens (tertiary/aromatic N) is 1. The summed E-state index contributed by atoms with van der Waals surface area (Å²) in [4.78, 5) is 13.3. The van der Waals surface area contributed by atoms with Crippen molar-refractivity contribution in [2.45, 2.75) is 26.0 Å². The molecule has 0 radical (unpaired) electrons. The van der Waals surface area contributed by atoms with Gasteiger partial charge in [-0.25, -0.2) is 0 Å². The summed E-state index contributed by atoms with van der Waals surface area (Å²) in [6.07, 6.45) is -0.607. The molecule has 1 unspecified atom stereocenters. The molecule has 0 fully saturated rings. The number of aliphatic hydroxyl groups is 1. The van der Waals surface area contributed by atoms with Gasteiger partial charge in [0.2, 0.25) is 0 Å². The van der Waals surface area contributed by atoms with Crippen LogP contribution in [0.4, 0.5) is 0 Å². The van der Waals surface area contributed by atoms with Crippen molar-refractivity contribution in [3.63, 3.8) is 0 Å². The van der Waals surface area contributed by atoms with Gasteiger partial charge in [-0.1, -0.05) is 0 Å². The number of hydrogen-bond donors (Lipinski definition) is 2. The van der Waals surface area contributed by atoms with Crippen molar-refractivity contribution in [3.8, 4) is 0 Å². The van der Waals surface area contributed by atoms with Gasteiger partial charge in [-0.3, -0.25) is 4.79 Å². The van der Waals surface area contributed by atoms with Gasteiger partial charge in [-0.05, 0) is 13.8 Å². The summed E-state index contributed by atoms with van der Waals surface area (Å²) < 4.78 is 4.94. The van der Waals surface area contributed by atoms with Crippen molar-refractivity contribution in [3.05, 3.63) is 0 Å². The van der Waals surface area contributed by atoms with Crippen molar-refractivity contribution in [1.29, 1.82) is 0 Å². The highest BCUT2D eigenvalue weighted by Gasteiger charge is 2.24. The predicted molar refractivity (Wildman–Crippen MR) is 53.8 cm³/mol. The number of ether oxygens (including phenoxy) is 1. The lowest BCUT2D eigenvalue weighted by atomic mass is 10.2. The Morgan fingerprint density at radius 2 is 2.14 bits per heavy atom. The zero-order valence-electron chi connectivity index (χ0n) is 9.06. The molecule has 0 bridgehead atoms. The van der Waals surface area contributed by atoms with Gasteiger partial charge in [0.1, 0.15) is 6.10 Å². The fourth-order valence-corrected chi connectivity index (χ4v) is 1.21. The Labute approximate surface area is 84.8 Å². The molecule has 1 amide bonds. The number of carbonyl (C=O) groups excluding carboxylic acids is 1. The number of methoxy groups -OCH3 is 1. The molecule has 0 heterocycles. The molecule has 0 aromatic heterocycles. The smallest absolute Gasteiger partial charge is 0.253 e. The summed E-state index contributed by atoms with van der Waals surface area (Å²) in [6.45, 7) is 4.19. The van der Waals surface area contributed by atoms with Crippen LogP contribution in [0.25, 0.3) is 0 Å².